The molecule has 1 heterocycles. The first-order valence-electron chi connectivity index (χ1n) is 9.40. The molecular formula is C16H13F17N2O2. The molecule has 1 saturated heterocycles. The number of halogens is 17. The van der Waals surface area contributed by atoms with Crippen molar-refractivity contribution in [3.63, 3.8) is 0 Å². The first-order valence-corrected chi connectivity index (χ1v) is 9.40. The number of hydrogen-bond acceptors (Lipinski definition) is 2. The summed E-state index contributed by atoms with van der Waals surface area (Å²) in [6, 6.07) is -1.45. The molecule has 4 nitrogen and oxygen atoms in total. The van der Waals surface area contributed by atoms with E-state index in [0.717, 1.165) is 4.90 Å². The summed E-state index contributed by atoms with van der Waals surface area (Å²) in [6.07, 6.45) is -11.3. The van der Waals surface area contributed by atoms with Crippen LogP contribution in [0.3, 0.4) is 0 Å². The van der Waals surface area contributed by atoms with Crippen LogP contribution >= 0.6 is 0 Å². The lowest BCUT2D eigenvalue weighted by Gasteiger charge is -2.43. The van der Waals surface area contributed by atoms with E-state index in [-0.39, 0.29) is 18.0 Å². The van der Waals surface area contributed by atoms with Gasteiger partial charge in [0.1, 0.15) is 0 Å². The third-order valence-corrected chi connectivity index (χ3v) is 5.22. The second kappa shape index (κ2) is 9.19. The van der Waals surface area contributed by atoms with Crippen LogP contribution in [0.15, 0.2) is 0 Å². The molecule has 1 aliphatic heterocycles. The van der Waals surface area contributed by atoms with E-state index in [1.54, 1.807) is 0 Å². The molecule has 0 saturated carbocycles. The Morgan fingerprint density at radius 3 is 1.38 bits per heavy atom. The van der Waals surface area contributed by atoms with Crippen LogP contribution in [0.2, 0.25) is 0 Å². The van der Waals surface area contributed by atoms with Crippen molar-refractivity contribution >= 4 is 11.9 Å². The average molecular weight is 588 g/mol. The van der Waals surface area contributed by atoms with Crippen molar-refractivity contribution in [2.75, 3.05) is 19.6 Å². The smallest absolute Gasteiger partial charge is 0.324 e. The van der Waals surface area contributed by atoms with Gasteiger partial charge in [0.25, 0.3) is 0 Å². The lowest BCUT2D eigenvalue weighted by molar-refractivity contribution is -0.461. The molecule has 218 valence electrons. The third-order valence-electron chi connectivity index (χ3n) is 5.22. The van der Waals surface area contributed by atoms with Crippen molar-refractivity contribution in [3.05, 3.63) is 0 Å². The minimum Gasteiger partial charge on any atom is -0.324 e. The summed E-state index contributed by atoms with van der Waals surface area (Å²) in [5, 5.41) is 0. The van der Waals surface area contributed by atoms with E-state index in [1.165, 1.54) is 6.92 Å². The fourth-order valence-electron chi connectivity index (χ4n) is 2.86. The van der Waals surface area contributed by atoms with Gasteiger partial charge in [0, 0.05) is 32.5 Å². The summed E-state index contributed by atoms with van der Waals surface area (Å²) >= 11 is 0. The van der Waals surface area contributed by atoms with E-state index < -0.39 is 79.0 Å². The largest absolute Gasteiger partial charge is 0.460 e. The van der Waals surface area contributed by atoms with E-state index in [4.69, 9.17) is 0 Å². The average Bonchev–Trinajstić information content (AvgIpc) is 2.71. The zero-order chi connectivity index (χ0) is 29.8. The van der Waals surface area contributed by atoms with Gasteiger partial charge in [-0.3, -0.25) is 9.69 Å². The van der Waals surface area contributed by atoms with Crippen molar-refractivity contribution in [2.24, 2.45) is 0 Å². The standard InChI is InChI=1S/C16H13F17N2O2/c1-2-34-5-3-7(36)35(8(34)37)6-4-9(17,18)10(19,20)11(21,22)12(23,24)13(25,26)14(27,28)15(29,30)16(31,32)33/h2-6H2,1H3. The van der Waals surface area contributed by atoms with Crippen molar-refractivity contribution in [1.82, 2.24) is 9.80 Å². The van der Waals surface area contributed by atoms with Crippen molar-refractivity contribution < 1.29 is 84.2 Å². The van der Waals surface area contributed by atoms with Gasteiger partial charge in [-0.1, -0.05) is 0 Å². The quantitative estimate of drug-likeness (QED) is 0.292. The Morgan fingerprint density at radius 1 is 0.622 bits per heavy atom. The van der Waals surface area contributed by atoms with E-state index in [2.05, 4.69) is 0 Å². The van der Waals surface area contributed by atoms with Gasteiger partial charge in [0.15, 0.2) is 0 Å². The van der Waals surface area contributed by atoms with Gasteiger partial charge in [-0.05, 0) is 6.92 Å². The van der Waals surface area contributed by atoms with Gasteiger partial charge in [-0.25, -0.2) is 4.79 Å². The van der Waals surface area contributed by atoms with Crippen LogP contribution in [0, 0.1) is 0 Å². The van der Waals surface area contributed by atoms with Gasteiger partial charge in [0.2, 0.25) is 5.91 Å². The van der Waals surface area contributed by atoms with Crippen LogP contribution in [-0.2, 0) is 4.79 Å². The molecule has 0 unspecified atom stereocenters. The maximum absolute atomic E-state index is 13.9. The zero-order valence-corrected chi connectivity index (χ0v) is 17.7. The highest BCUT2D eigenvalue weighted by Crippen LogP contribution is 2.64. The van der Waals surface area contributed by atoms with Crippen molar-refractivity contribution in [3.8, 4) is 0 Å². The Hall–Kier alpha value is -2.25. The predicted molar refractivity (Wildman–Crippen MR) is 84.3 cm³/mol. The summed E-state index contributed by atoms with van der Waals surface area (Å²) in [5.41, 5.74) is 0. The van der Waals surface area contributed by atoms with E-state index in [1.807, 2.05) is 0 Å². The Balaban J connectivity index is 3.43. The number of urea groups is 1. The van der Waals surface area contributed by atoms with Crippen LogP contribution in [-0.4, -0.2) is 89.0 Å². The molecular weight excluding hydrogens is 575 g/mol. The van der Waals surface area contributed by atoms with Gasteiger partial charge < -0.3 is 4.90 Å². The predicted octanol–water partition coefficient (Wildman–Crippen LogP) is 6.06. The second-order valence-electron chi connectivity index (χ2n) is 7.56. The molecule has 0 radical (unpaired) electrons. The summed E-state index contributed by atoms with van der Waals surface area (Å²) in [7, 11) is 0. The van der Waals surface area contributed by atoms with Crippen LogP contribution in [0.4, 0.5) is 79.4 Å². The topological polar surface area (TPSA) is 40.6 Å². The molecule has 0 aromatic rings. The lowest BCUT2D eigenvalue weighted by Crippen LogP contribution is -2.74. The van der Waals surface area contributed by atoms with Gasteiger partial charge in [0.05, 0.1) is 0 Å². The number of alkyl halides is 17. The fraction of sp³-hybridized carbons (Fsp3) is 0.875. The maximum atomic E-state index is 13.9. The highest BCUT2D eigenvalue weighted by atomic mass is 19.4. The molecule has 0 aliphatic carbocycles. The monoisotopic (exact) mass is 588 g/mol. The molecule has 0 bridgehead atoms. The maximum Gasteiger partial charge on any atom is 0.460 e. The normalized spacial score (nSPS) is 18.1. The Labute approximate surface area is 194 Å². The highest BCUT2D eigenvalue weighted by molar-refractivity contribution is 5.96. The van der Waals surface area contributed by atoms with Gasteiger partial charge in [-0.2, -0.15) is 74.6 Å². The molecule has 0 aromatic carbocycles. The highest BCUT2D eigenvalue weighted by Gasteiger charge is 2.95. The number of carbonyl (C=O) groups is 2. The number of nitrogens with zero attached hydrogens (tertiary/aromatic N) is 2. The number of imide groups is 1. The summed E-state index contributed by atoms with van der Waals surface area (Å²) in [6.45, 7) is -1.18. The van der Waals surface area contributed by atoms with Gasteiger partial charge in [-0.15, -0.1) is 0 Å². The van der Waals surface area contributed by atoms with Crippen LogP contribution in [0.25, 0.3) is 0 Å². The van der Waals surface area contributed by atoms with E-state index in [0.29, 0.717) is 0 Å². The molecule has 0 N–H and O–H groups in total. The van der Waals surface area contributed by atoms with E-state index >= 15 is 0 Å². The van der Waals surface area contributed by atoms with Crippen LogP contribution < -0.4 is 0 Å². The lowest BCUT2D eigenvalue weighted by atomic mass is 9.88. The summed E-state index contributed by atoms with van der Waals surface area (Å²) in [5.74, 6) is -58.4. The van der Waals surface area contributed by atoms with Crippen LogP contribution in [0.5, 0.6) is 0 Å². The molecule has 3 amide bonds. The molecule has 0 aromatic heterocycles. The number of hydrogen-bond donors (Lipinski definition) is 0. The second-order valence-corrected chi connectivity index (χ2v) is 7.56. The van der Waals surface area contributed by atoms with Crippen LogP contribution in [0.1, 0.15) is 19.8 Å². The first kappa shape index (κ1) is 32.8. The molecule has 37 heavy (non-hydrogen) atoms. The zero-order valence-electron chi connectivity index (χ0n) is 17.7. The van der Waals surface area contributed by atoms with E-state index in [9.17, 15) is 84.2 Å². The number of rotatable bonds is 10. The number of carbonyl (C=O) groups excluding carboxylic acids is 2. The summed E-state index contributed by atoms with van der Waals surface area (Å²) in [4.78, 5) is 24.0. The third kappa shape index (κ3) is 4.63. The molecule has 0 spiro atoms. The molecule has 1 rings (SSSR count). The fourth-order valence-corrected chi connectivity index (χ4v) is 2.86. The SMILES string of the molecule is CCN1CCC(=O)N(CCC(F)(F)C(F)(F)C(F)(F)C(F)(F)C(F)(F)C(F)(F)C(F)(F)C(F)(F)F)C1=O. The minimum absolute atomic E-state index is 0.203. The van der Waals surface area contributed by atoms with Crippen molar-refractivity contribution in [2.45, 2.75) is 67.4 Å². The Morgan fingerprint density at radius 2 is 1.00 bits per heavy atom. The summed E-state index contributed by atoms with van der Waals surface area (Å²) < 4.78 is 225. The number of amides is 3. The first-order chi connectivity index (χ1) is 16.1. The molecule has 21 heteroatoms. The molecule has 1 fully saturated rings. The molecule has 0 atom stereocenters. The molecule has 1 aliphatic rings. The van der Waals surface area contributed by atoms with Gasteiger partial charge >= 0.3 is 53.7 Å². The minimum atomic E-state index is -8.71. The Bertz CT molecular complexity index is 883. The Kier molecular flexibility index (Phi) is 8.14. The van der Waals surface area contributed by atoms with Crippen molar-refractivity contribution in [1.29, 1.82) is 0 Å².